The van der Waals surface area contributed by atoms with Gasteiger partial charge in [0.25, 0.3) is 0 Å². The van der Waals surface area contributed by atoms with E-state index < -0.39 is 0 Å². The molecule has 0 aliphatic heterocycles. The summed E-state index contributed by atoms with van der Waals surface area (Å²) in [6.07, 6.45) is 1.10. The summed E-state index contributed by atoms with van der Waals surface area (Å²) in [5.41, 5.74) is 2.88. The van der Waals surface area contributed by atoms with Crippen LogP contribution in [0.1, 0.15) is 25.8 Å². The van der Waals surface area contributed by atoms with E-state index in [1.54, 1.807) is 0 Å². The summed E-state index contributed by atoms with van der Waals surface area (Å²) in [6, 6.07) is 17.7. The lowest BCUT2D eigenvalue weighted by Gasteiger charge is -2.06. The Morgan fingerprint density at radius 1 is 0.857 bits per heavy atom. The molecule has 0 amide bonds. The summed E-state index contributed by atoms with van der Waals surface area (Å²) < 4.78 is 5.65. The molecule has 0 N–H and O–H groups in total. The predicted molar refractivity (Wildman–Crippen MR) is 86.2 cm³/mol. The van der Waals surface area contributed by atoms with Crippen LogP contribution in [0.2, 0.25) is 0 Å². The largest absolute Gasteiger partial charge is 0.377 e. The minimum Gasteiger partial charge on any atom is -0.377 e. The molecule has 0 bridgehead atoms. The zero-order chi connectivity index (χ0) is 14.9. The van der Waals surface area contributed by atoms with Gasteiger partial charge in [-0.2, -0.15) is 10.2 Å². The summed E-state index contributed by atoms with van der Waals surface area (Å²) in [5, 5.41) is 8.42. The molecule has 0 fully saturated rings. The third kappa shape index (κ3) is 5.88. The van der Waals surface area contributed by atoms with Gasteiger partial charge in [-0.05, 0) is 42.2 Å². The lowest BCUT2D eigenvalue weighted by Crippen LogP contribution is -1.99. The third-order valence-corrected chi connectivity index (χ3v) is 3.08. The van der Waals surface area contributed by atoms with E-state index in [2.05, 4.69) is 24.1 Å². The molecule has 0 unspecified atom stereocenters. The molecule has 2 aromatic carbocycles. The van der Waals surface area contributed by atoms with Gasteiger partial charge in [-0.1, -0.05) is 44.2 Å². The topological polar surface area (TPSA) is 34.0 Å². The minimum absolute atomic E-state index is 0.656. The highest BCUT2D eigenvalue weighted by Gasteiger charge is 1.97. The fraction of sp³-hybridized carbons (Fsp3) is 0.333. The lowest BCUT2D eigenvalue weighted by molar-refractivity contribution is 0.110. The molecule has 3 nitrogen and oxygen atoms in total. The van der Waals surface area contributed by atoms with E-state index in [-0.39, 0.29) is 0 Å². The fourth-order valence-electron chi connectivity index (χ4n) is 1.78. The van der Waals surface area contributed by atoms with E-state index >= 15 is 0 Å². The molecule has 2 aromatic rings. The van der Waals surface area contributed by atoms with Crippen LogP contribution in [0.5, 0.6) is 0 Å². The van der Waals surface area contributed by atoms with E-state index in [0.717, 1.165) is 30.0 Å². The van der Waals surface area contributed by atoms with Gasteiger partial charge in [0, 0.05) is 6.61 Å². The third-order valence-electron chi connectivity index (χ3n) is 3.08. The van der Waals surface area contributed by atoms with Gasteiger partial charge in [-0.15, -0.1) is 0 Å². The molecule has 21 heavy (non-hydrogen) atoms. The molecule has 0 heterocycles. The first kappa shape index (κ1) is 15.4. The Morgan fingerprint density at radius 3 is 2.10 bits per heavy atom. The van der Waals surface area contributed by atoms with Crippen LogP contribution in [0.3, 0.4) is 0 Å². The zero-order valence-electron chi connectivity index (χ0n) is 12.7. The van der Waals surface area contributed by atoms with Gasteiger partial charge >= 0.3 is 0 Å². The van der Waals surface area contributed by atoms with Crippen molar-refractivity contribution in [1.29, 1.82) is 0 Å². The fourth-order valence-corrected chi connectivity index (χ4v) is 1.78. The number of rotatable bonds is 7. The van der Waals surface area contributed by atoms with Crippen LogP contribution in [0, 0.1) is 5.92 Å². The maximum Gasteiger partial charge on any atom is 0.0857 e. The molecule has 0 aromatic heterocycles. The summed E-state index contributed by atoms with van der Waals surface area (Å²) in [7, 11) is 0. The molecule has 0 radical (unpaired) electrons. The van der Waals surface area contributed by atoms with Crippen LogP contribution in [-0.4, -0.2) is 6.61 Å². The van der Waals surface area contributed by atoms with Crippen molar-refractivity contribution in [2.45, 2.75) is 26.9 Å². The Hall–Kier alpha value is -2.00. The van der Waals surface area contributed by atoms with Gasteiger partial charge in [-0.25, -0.2) is 0 Å². The van der Waals surface area contributed by atoms with Crippen molar-refractivity contribution in [2.75, 3.05) is 6.61 Å². The normalized spacial score (nSPS) is 11.4. The summed E-state index contributed by atoms with van der Waals surface area (Å²) in [6.45, 7) is 5.88. The van der Waals surface area contributed by atoms with Gasteiger partial charge in [0.1, 0.15) is 0 Å². The number of benzene rings is 2. The van der Waals surface area contributed by atoms with Gasteiger partial charge < -0.3 is 4.74 Å². The van der Waals surface area contributed by atoms with Crippen LogP contribution in [0.15, 0.2) is 64.8 Å². The van der Waals surface area contributed by atoms with E-state index in [9.17, 15) is 0 Å². The first-order valence-electron chi connectivity index (χ1n) is 7.37. The van der Waals surface area contributed by atoms with E-state index in [1.165, 1.54) is 0 Å². The van der Waals surface area contributed by atoms with Crippen LogP contribution in [-0.2, 0) is 11.3 Å². The molecule has 0 aliphatic rings. The van der Waals surface area contributed by atoms with Crippen molar-refractivity contribution in [1.82, 2.24) is 0 Å². The second-order valence-electron chi connectivity index (χ2n) is 5.44. The van der Waals surface area contributed by atoms with Crippen LogP contribution in [0.4, 0.5) is 11.4 Å². The summed E-state index contributed by atoms with van der Waals surface area (Å²) >= 11 is 0. The Balaban J connectivity index is 1.83. The lowest BCUT2D eigenvalue weighted by atomic mass is 10.1. The quantitative estimate of drug-likeness (QED) is 0.476. The second-order valence-corrected chi connectivity index (χ2v) is 5.44. The average molecular weight is 282 g/mol. The Kier molecular flexibility index (Phi) is 6.10. The molecule has 0 saturated heterocycles. The van der Waals surface area contributed by atoms with Crippen LogP contribution >= 0.6 is 0 Å². The zero-order valence-corrected chi connectivity index (χ0v) is 12.7. The van der Waals surface area contributed by atoms with Crippen LogP contribution < -0.4 is 0 Å². The monoisotopic (exact) mass is 282 g/mol. The number of azo groups is 1. The minimum atomic E-state index is 0.656. The molecular weight excluding hydrogens is 260 g/mol. The molecule has 0 atom stereocenters. The number of hydrogen-bond donors (Lipinski definition) is 0. The van der Waals surface area contributed by atoms with Crippen molar-refractivity contribution >= 4 is 11.4 Å². The highest BCUT2D eigenvalue weighted by molar-refractivity contribution is 5.40. The number of ether oxygens (including phenoxy) is 1. The first-order chi connectivity index (χ1) is 10.2. The maximum absolute atomic E-state index is 5.65. The smallest absolute Gasteiger partial charge is 0.0857 e. The highest BCUT2D eigenvalue weighted by Crippen LogP contribution is 2.18. The average Bonchev–Trinajstić information content (AvgIpc) is 2.51. The first-order valence-corrected chi connectivity index (χ1v) is 7.37. The molecule has 0 aliphatic carbocycles. The Morgan fingerprint density at radius 2 is 1.48 bits per heavy atom. The molecular formula is C18H22N2O. The van der Waals surface area contributed by atoms with Crippen molar-refractivity contribution in [3.63, 3.8) is 0 Å². The summed E-state index contributed by atoms with van der Waals surface area (Å²) in [5.74, 6) is 0.686. The molecule has 0 saturated carbocycles. The van der Waals surface area contributed by atoms with Gasteiger partial charge in [0.15, 0.2) is 0 Å². The number of hydrogen-bond acceptors (Lipinski definition) is 3. The molecule has 0 spiro atoms. The van der Waals surface area contributed by atoms with Gasteiger partial charge in [0.05, 0.1) is 18.0 Å². The second kappa shape index (κ2) is 8.32. The molecule has 3 heteroatoms. The van der Waals surface area contributed by atoms with Crippen molar-refractivity contribution in [3.8, 4) is 0 Å². The van der Waals surface area contributed by atoms with E-state index in [4.69, 9.17) is 4.74 Å². The van der Waals surface area contributed by atoms with Crippen molar-refractivity contribution in [2.24, 2.45) is 16.1 Å². The van der Waals surface area contributed by atoms with Gasteiger partial charge in [-0.3, -0.25) is 0 Å². The SMILES string of the molecule is CC(C)CCOCc1ccc(/N=N/c2ccccc2)cc1. The van der Waals surface area contributed by atoms with Crippen molar-refractivity contribution < 1.29 is 4.74 Å². The predicted octanol–water partition coefficient (Wildman–Crippen LogP) is 5.66. The Labute approximate surface area is 126 Å². The van der Waals surface area contributed by atoms with E-state index in [0.29, 0.717) is 12.5 Å². The maximum atomic E-state index is 5.65. The highest BCUT2D eigenvalue weighted by atomic mass is 16.5. The van der Waals surface area contributed by atoms with Crippen molar-refractivity contribution in [3.05, 3.63) is 60.2 Å². The molecule has 2 rings (SSSR count). The Bertz CT molecular complexity index is 547. The van der Waals surface area contributed by atoms with Crippen LogP contribution in [0.25, 0.3) is 0 Å². The van der Waals surface area contributed by atoms with E-state index in [1.807, 2.05) is 54.6 Å². The van der Waals surface area contributed by atoms with Gasteiger partial charge in [0.2, 0.25) is 0 Å². The molecule has 110 valence electrons. The number of nitrogens with zero attached hydrogens (tertiary/aromatic N) is 2. The standard InChI is InChI=1S/C18H22N2O/c1-15(2)12-13-21-14-16-8-10-18(11-9-16)20-19-17-6-4-3-5-7-17/h3-11,15H,12-14H2,1-2H3/b20-19+. The summed E-state index contributed by atoms with van der Waals surface area (Å²) in [4.78, 5) is 0.